The molecule has 2 rings (SSSR count). The third-order valence-corrected chi connectivity index (χ3v) is 7.27. The molecule has 0 bridgehead atoms. The first-order valence-electron chi connectivity index (χ1n) is 8.13. The summed E-state index contributed by atoms with van der Waals surface area (Å²) in [5.41, 5.74) is 0. The maximum atomic E-state index is 12.7. The summed E-state index contributed by atoms with van der Waals surface area (Å²) in [6.45, 7) is 3.03. The highest BCUT2D eigenvalue weighted by Gasteiger charge is 2.45. The first-order chi connectivity index (χ1) is 11.1. The number of hydrogen-bond acceptors (Lipinski definition) is 3. The number of rotatable bonds is 4. The molecular formula is C15H23F3N2O3S. The highest BCUT2D eigenvalue weighted by Crippen LogP contribution is 2.31. The molecule has 2 atom stereocenters. The minimum Gasteiger partial charge on any atom is -0.340 e. The van der Waals surface area contributed by atoms with E-state index in [4.69, 9.17) is 0 Å². The van der Waals surface area contributed by atoms with Crippen molar-refractivity contribution in [1.29, 1.82) is 0 Å². The number of halogens is 3. The predicted molar refractivity (Wildman–Crippen MR) is 83.6 cm³/mol. The molecule has 2 amide bonds. The van der Waals surface area contributed by atoms with Gasteiger partial charge in [-0.05, 0) is 12.8 Å². The van der Waals surface area contributed by atoms with Gasteiger partial charge < -0.3 is 9.80 Å². The van der Waals surface area contributed by atoms with Crippen LogP contribution in [0.4, 0.5) is 13.2 Å². The zero-order valence-electron chi connectivity index (χ0n) is 13.9. The van der Waals surface area contributed by atoms with Crippen molar-refractivity contribution in [3.05, 3.63) is 0 Å². The number of carbonyl (C=O) groups is 2. The first kappa shape index (κ1) is 19.2. The van der Waals surface area contributed by atoms with Gasteiger partial charge in [0.05, 0.1) is 10.7 Å². The highest BCUT2D eigenvalue weighted by molar-refractivity contribution is 7.86. The molecule has 5 nitrogen and oxygen atoms in total. The Morgan fingerprint density at radius 1 is 1.33 bits per heavy atom. The molecule has 2 heterocycles. The van der Waals surface area contributed by atoms with E-state index in [1.54, 1.807) is 4.90 Å². The van der Waals surface area contributed by atoms with Crippen LogP contribution in [0.5, 0.6) is 0 Å². The monoisotopic (exact) mass is 368 g/mol. The van der Waals surface area contributed by atoms with Gasteiger partial charge in [0.15, 0.2) is 0 Å². The number of hydrogen-bond donors (Lipinski definition) is 0. The van der Waals surface area contributed by atoms with E-state index in [9.17, 15) is 27.0 Å². The van der Waals surface area contributed by atoms with Crippen molar-refractivity contribution in [3.63, 3.8) is 0 Å². The summed E-state index contributed by atoms with van der Waals surface area (Å²) >= 11 is 0. The van der Waals surface area contributed by atoms with Crippen molar-refractivity contribution < 1.29 is 27.0 Å². The molecule has 24 heavy (non-hydrogen) atoms. The second kappa shape index (κ2) is 7.01. The quantitative estimate of drug-likeness (QED) is 0.757. The van der Waals surface area contributed by atoms with E-state index in [-0.39, 0.29) is 18.9 Å². The maximum absolute atomic E-state index is 12.7. The van der Waals surface area contributed by atoms with Gasteiger partial charge in [0.1, 0.15) is 6.54 Å². The normalized spacial score (nSPS) is 27.6. The van der Waals surface area contributed by atoms with E-state index in [0.717, 1.165) is 0 Å². The van der Waals surface area contributed by atoms with Crippen LogP contribution in [0.15, 0.2) is 0 Å². The Morgan fingerprint density at radius 3 is 2.50 bits per heavy atom. The fourth-order valence-electron chi connectivity index (χ4n) is 3.46. The molecular weight excluding hydrogens is 345 g/mol. The van der Waals surface area contributed by atoms with E-state index >= 15 is 0 Å². The Balaban J connectivity index is 2.04. The Morgan fingerprint density at radius 2 is 1.96 bits per heavy atom. The largest absolute Gasteiger partial charge is 0.406 e. The van der Waals surface area contributed by atoms with Gasteiger partial charge in [0, 0.05) is 42.6 Å². The van der Waals surface area contributed by atoms with Gasteiger partial charge in [-0.2, -0.15) is 13.2 Å². The smallest absolute Gasteiger partial charge is 0.340 e. The standard InChI is InChI=1S/C15H23F3N2O3S/c1-3-14(4-2)9-19(5-6-24(14)23)13(22)11-7-12(21)20(8-11)10-15(16,17)18/h11H,3-10H2,1-2H3. The zero-order chi connectivity index (χ0) is 18.1. The van der Waals surface area contributed by atoms with E-state index in [1.165, 1.54) is 0 Å². The molecule has 2 saturated heterocycles. The van der Waals surface area contributed by atoms with E-state index in [0.29, 0.717) is 36.6 Å². The molecule has 0 N–H and O–H groups in total. The van der Waals surface area contributed by atoms with Crippen molar-refractivity contribution in [1.82, 2.24) is 9.80 Å². The minimum absolute atomic E-state index is 0.181. The van der Waals surface area contributed by atoms with Crippen LogP contribution in [0.2, 0.25) is 0 Å². The van der Waals surface area contributed by atoms with Gasteiger partial charge in [0.25, 0.3) is 0 Å². The molecule has 138 valence electrons. The lowest BCUT2D eigenvalue weighted by Gasteiger charge is -2.41. The second-order valence-corrected chi connectivity index (χ2v) is 8.46. The zero-order valence-corrected chi connectivity index (χ0v) is 14.7. The lowest BCUT2D eigenvalue weighted by Crippen LogP contribution is -2.56. The van der Waals surface area contributed by atoms with Crippen molar-refractivity contribution in [3.8, 4) is 0 Å². The molecule has 0 aromatic carbocycles. The molecule has 2 aliphatic rings. The van der Waals surface area contributed by atoms with Gasteiger partial charge in [-0.3, -0.25) is 13.8 Å². The first-order valence-corrected chi connectivity index (χ1v) is 9.45. The number of amides is 2. The molecule has 2 aliphatic heterocycles. The topological polar surface area (TPSA) is 57.7 Å². The van der Waals surface area contributed by atoms with Gasteiger partial charge in [0.2, 0.25) is 11.8 Å². The summed E-state index contributed by atoms with van der Waals surface area (Å²) in [7, 11) is -1.02. The van der Waals surface area contributed by atoms with E-state index in [1.807, 2.05) is 13.8 Å². The van der Waals surface area contributed by atoms with Crippen LogP contribution in [0, 0.1) is 5.92 Å². The summed E-state index contributed by atoms with van der Waals surface area (Å²) in [5.74, 6) is -1.29. The Hall–Kier alpha value is -1.12. The SMILES string of the molecule is CCC1(CC)CN(C(=O)C2CC(=O)N(CC(F)(F)F)C2)CCS1=O. The van der Waals surface area contributed by atoms with Gasteiger partial charge in [-0.15, -0.1) is 0 Å². The number of carbonyl (C=O) groups excluding carboxylic acids is 2. The van der Waals surface area contributed by atoms with Crippen LogP contribution in [-0.4, -0.2) is 68.7 Å². The van der Waals surface area contributed by atoms with Crippen LogP contribution < -0.4 is 0 Å². The second-order valence-electron chi connectivity index (χ2n) is 6.49. The summed E-state index contributed by atoms with van der Waals surface area (Å²) in [5, 5.41) is 0. The van der Waals surface area contributed by atoms with Gasteiger partial charge in [-0.1, -0.05) is 13.8 Å². The van der Waals surface area contributed by atoms with Crippen molar-refractivity contribution in [2.45, 2.75) is 44.0 Å². The van der Waals surface area contributed by atoms with Crippen LogP contribution in [-0.2, 0) is 20.4 Å². The van der Waals surface area contributed by atoms with E-state index in [2.05, 4.69) is 0 Å². The Labute approximate surface area is 142 Å². The maximum Gasteiger partial charge on any atom is 0.406 e. The molecule has 2 unspecified atom stereocenters. The number of likely N-dealkylation sites (tertiary alicyclic amines) is 1. The third kappa shape index (κ3) is 3.92. The molecule has 0 radical (unpaired) electrons. The van der Waals surface area contributed by atoms with Crippen molar-refractivity contribution in [2.24, 2.45) is 5.92 Å². The molecule has 0 spiro atoms. The van der Waals surface area contributed by atoms with Crippen LogP contribution in [0.1, 0.15) is 33.1 Å². The van der Waals surface area contributed by atoms with Gasteiger partial charge in [-0.25, -0.2) is 0 Å². The van der Waals surface area contributed by atoms with Crippen LogP contribution in [0.25, 0.3) is 0 Å². The Bertz CT molecular complexity index is 535. The molecule has 0 aromatic rings. The predicted octanol–water partition coefficient (Wildman–Crippen LogP) is 1.55. The van der Waals surface area contributed by atoms with Crippen molar-refractivity contribution >= 4 is 22.6 Å². The summed E-state index contributed by atoms with van der Waals surface area (Å²) in [6, 6.07) is 0. The molecule has 9 heteroatoms. The van der Waals surface area contributed by atoms with Gasteiger partial charge >= 0.3 is 6.18 Å². The summed E-state index contributed by atoms with van der Waals surface area (Å²) < 4.78 is 49.3. The lowest BCUT2D eigenvalue weighted by molar-refractivity contribution is -0.157. The number of alkyl halides is 3. The van der Waals surface area contributed by atoms with Crippen LogP contribution in [0.3, 0.4) is 0 Å². The van der Waals surface area contributed by atoms with E-state index < -0.39 is 40.1 Å². The molecule has 2 fully saturated rings. The van der Waals surface area contributed by atoms with Crippen LogP contribution >= 0.6 is 0 Å². The average Bonchev–Trinajstić information content (AvgIpc) is 2.86. The lowest BCUT2D eigenvalue weighted by atomic mass is 9.99. The molecule has 0 aromatic heterocycles. The third-order valence-electron chi connectivity index (χ3n) is 5.04. The fourth-order valence-corrected chi connectivity index (χ4v) is 5.22. The Kier molecular flexibility index (Phi) is 5.61. The summed E-state index contributed by atoms with van der Waals surface area (Å²) in [4.78, 5) is 26.7. The summed E-state index contributed by atoms with van der Waals surface area (Å²) in [6.07, 6.45) is -3.30. The molecule has 0 aliphatic carbocycles. The molecule has 0 saturated carbocycles. The average molecular weight is 368 g/mol. The van der Waals surface area contributed by atoms with Crippen molar-refractivity contribution in [2.75, 3.05) is 31.9 Å². The minimum atomic E-state index is -4.46. The highest BCUT2D eigenvalue weighted by atomic mass is 32.2. The number of nitrogens with zero attached hydrogens (tertiary/aromatic N) is 2. The fraction of sp³-hybridized carbons (Fsp3) is 0.867.